The summed E-state index contributed by atoms with van der Waals surface area (Å²) in [6.45, 7) is 6.18. The summed E-state index contributed by atoms with van der Waals surface area (Å²) in [5, 5.41) is 0. The van der Waals surface area contributed by atoms with Crippen molar-refractivity contribution in [3.8, 4) is 0 Å². The first-order valence-corrected chi connectivity index (χ1v) is 24.0. The molecule has 0 aromatic rings. The third-order valence-corrected chi connectivity index (χ3v) is 9.46. The minimum Gasteiger partial charge on any atom is -0.462 e. The number of carbonyl (C=O) groups excluding carboxylic acids is 3. The van der Waals surface area contributed by atoms with Gasteiger partial charge in [-0.3, -0.25) is 14.4 Å². The lowest BCUT2D eigenvalue weighted by Crippen LogP contribution is -2.30. The average molecular weight is 843 g/mol. The summed E-state index contributed by atoms with van der Waals surface area (Å²) in [5.41, 5.74) is 0. The Bertz CT molecular complexity index is 1340. The standard InChI is InChI=1S/C55H86O6/c1-4-7-10-13-16-19-22-25-26-27-28-29-30-31-34-36-39-42-45-48-54(57)60-51-52(61-55(58)49-46-43-40-37-33-24-21-18-15-12-9-6-3)50-59-53(56)47-44-41-38-35-32-23-20-17-14-11-8-5-2/h7-12,16-21,25-26,28-29,31,34,39,42,52H,4-6,13-15,22-24,27,30,32-33,35-38,40-41,43-51H2,1-3H3/b10-7-,11-8-,12-9-,19-16-,20-17-,21-18-,26-25-,29-28-,34-31-,42-39-. The van der Waals surface area contributed by atoms with Gasteiger partial charge < -0.3 is 14.2 Å². The van der Waals surface area contributed by atoms with Crippen molar-refractivity contribution in [3.63, 3.8) is 0 Å². The summed E-state index contributed by atoms with van der Waals surface area (Å²) in [6, 6.07) is 0. The molecule has 1 unspecified atom stereocenters. The fourth-order valence-electron chi connectivity index (χ4n) is 5.95. The third-order valence-electron chi connectivity index (χ3n) is 9.46. The summed E-state index contributed by atoms with van der Waals surface area (Å²) >= 11 is 0. The van der Waals surface area contributed by atoms with Crippen molar-refractivity contribution in [3.05, 3.63) is 122 Å². The molecule has 0 saturated heterocycles. The molecular formula is C55H86O6. The van der Waals surface area contributed by atoms with E-state index in [9.17, 15) is 14.4 Å². The minimum atomic E-state index is -0.823. The van der Waals surface area contributed by atoms with E-state index in [0.29, 0.717) is 12.8 Å². The molecule has 0 radical (unpaired) electrons. The Morgan fingerprint density at radius 2 is 0.623 bits per heavy atom. The van der Waals surface area contributed by atoms with Crippen molar-refractivity contribution < 1.29 is 28.6 Å². The van der Waals surface area contributed by atoms with Gasteiger partial charge in [-0.1, -0.05) is 181 Å². The molecule has 0 aliphatic heterocycles. The minimum absolute atomic E-state index is 0.119. The first-order chi connectivity index (χ1) is 30.0. The quantitative estimate of drug-likeness (QED) is 0.0264. The van der Waals surface area contributed by atoms with E-state index in [1.807, 2.05) is 12.2 Å². The van der Waals surface area contributed by atoms with Crippen molar-refractivity contribution >= 4 is 17.9 Å². The van der Waals surface area contributed by atoms with Crippen LogP contribution in [0.25, 0.3) is 0 Å². The second-order valence-electron chi connectivity index (χ2n) is 15.2. The molecule has 0 heterocycles. The average Bonchev–Trinajstić information content (AvgIpc) is 3.26. The molecule has 0 N–H and O–H groups in total. The Labute approximate surface area is 373 Å². The van der Waals surface area contributed by atoms with Gasteiger partial charge in [-0.05, 0) is 109 Å². The molecule has 6 nitrogen and oxygen atoms in total. The Hall–Kier alpha value is -4.19. The topological polar surface area (TPSA) is 78.9 Å². The summed E-state index contributed by atoms with van der Waals surface area (Å²) in [6.07, 6.45) is 66.3. The molecule has 0 aromatic heterocycles. The van der Waals surface area contributed by atoms with Crippen LogP contribution < -0.4 is 0 Å². The Balaban J connectivity index is 4.54. The van der Waals surface area contributed by atoms with Crippen molar-refractivity contribution in [2.75, 3.05) is 13.2 Å². The smallest absolute Gasteiger partial charge is 0.306 e. The maximum atomic E-state index is 12.7. The SMILES string of the molecule is CC/C=C\C/C=C\C/C=C\C/C=C\C/C=C\C/C=C\CCC(=O)OCC(COC(=O)CCCCCCC/C=C\C/C=C\CC)OC(=O)CCCCCCC/C=C\C/C=C\CC. The van der Waals surface area contributed by atoms with Crippen molar-refractivity contribution in [1.82, 2.24) is 0 Å². The molecule has 0 aliphatic rings. The molecule has 6 heteroatoms. The second kappa shape index (κ2) is 48.5. The zero-order valence-electron chi connectivity index (χ0n) is 38.9. The molecule has 0 saturated carbocycles. The molecule has 0 aromatic carbocycles. The monoisotopic (exact) mass is 843 g/mol. The van der Waals surface area contributed by atoms with E-state index in [-0.39, 0.29) is 44.0 Å². The van der Waals surface area contributed by atoms with Gasteiger partial charge in [0.05, 0.1) is 0 Å². The maximum Gasteiger partial charge on any atom is 0.306 e. The normalized spacial score (nSPS) is 13.2. The van der Waals surface area contributed by atoms with Crippen LogP contribution in [0.4, 0.5) is 0 Å². The lowest BCUT2D eigenvalue weighted by Gasteiger charge is -2.18. The van der Waals surface area contributed by atoms with Gasteiger partial charge in [0.1, 0.15) is 13.2 Å². The fraction of sp³-hybridized carbons (Fsp3) is 0.582. The van der Waals surface area contributed by atoms with E-state index in [0.717, 1.165) is 141 Å². The van der Waals surface area contributed by atoms with E-state index in [1.54, 1.807) is 0 Å². The van der Waals surface area contributed by atoms with Gasteiger partial charge in [0.2, 0.25) is 0 Å². The fourth-order valence-corrected chi connectivity index (χ4v) is 5.95. The van der Waals surface area contributed by atoms with E-state index in [2.05, 4.69) is 130 Å². The van der Waals surface area contributed by atoms with Crippen LogP contribution in [0.15, 0.2) is 122 Å². The number of esters is 3. The van der Waals surface area contributed by atoms with Crippen LogP contribution in [0.3, 0.4) is 0 Å². The number of hydrogen-bond donors (Lipinski definition) is 0. The van der Waals surface area contributed by atoms with Crippen LogP contribution >= 0.6 is 0 Å². The van der Waals surface area contributed by atoms with E-state index < -0.39 is 6.10 Å². The summed E-state index contributed by atoms with van der Waals surface area (Å²) in [5.74, 6) is -1.05. The molecule has 342 valence electrons. The van der Waals surface area contributed by atoms with Gasteiger partial charge in [0, 0.05) is 19.3 Å². The van der Waals surface area contributed by atoms with Crippen LogP contribution in [0, 0.1) is 0 Å². The summed E-state index contributed by atoms with van der Waals surface area (Å²) in [4.78, 5) is 37.8. The van der Waals surface area contributed by atoms with Crippen LogP contribution in [0.2, 0.25) is 0 Å². The van der Waals surface area contributed by atoms with Gasteiger partial charge in [-0.2, -0.15) is 0 Å². The van der Waals surface area contributed by atoms with E-state index in [4.69, 9.17) is 14.2 Å². The predicted molar refractivity (Wildman–Crippen MR) is 260 cm³/mol. The number of unbranched alkanes of at least 4 members (excludes halogenated alkanes) is 10. The lowest BCUT2D eigenvalue weighted by atomic mass is 10.1. The first kappa shape index (κ1) is 56.8. The van der Waals surface area contributed by atoms with Crippen molar-refractivity contribution in [2.45, 2.75) is 194 Å². The highest BCUT2D eigenvalue weighted by Crippen LogP contribution is 2.12. The maximum absolute atomic E-state index is 12.7. The molecule has 0 bridgehead atoms. The highest BCUT2D eigenvalue weighted by molar-refractivity contribution is 5.71. The van der Waals surface area contributed by atoms with Gasteiger partial charge in [0.25, 0.3) is 0 Å². The number of allylic oxidation sites excluding steroid dienone is 20. The Kier molecular flexibility index (Phi) is 45.1. The van der Waals surface area contributed by atoms with Gasteiger partial charge in [-0.15, -0.1) is 0 Å². The van der Waals surface area contributed by atoms with Gasteiger partial charge in [-0.25, -0.2) is 0 Å². The predicted octanol–water partition coefficient (Wildman–Crippen LogP) is 15.7. The molecule has 0 fully saturated rings. The molecule has 0 amide bonds. The highest BCUT2D eigenvalue weighted by atomic mass is 16.6. The molecule has 1 atom stereocenters. The van der Waals surface area contributed by atoms with E-state index in [1.165, 1.54) is 0 Å². The zero-order chi connectivity index (χ0) is 44.4. The first-order valence-electron chi connectivity index (χ1n) is 24.0. The third kappa shape index (κ3) is 46.7. The lowest BCUT2D eigenvalue weighted by molar-refractivity contribution is -0.166. The molecular weight excluding hydrogens is 757 g/mol. The van der Waals surface area contributed by atoms with Crippen molar-refractivity contribution in [1.29, 1.82) is 0 Å². The Morgan fingerprint density at radius 3 is 1.02 bits per heavy atom. The second-order valence-corrected chi connectivity index (χ2v) is 15.2. The zero-order valence-corrected chi connectivity index (χ0v) is 38.9. The van der Waals surface area contributed by atoms with Crippen LogP contribution in [-0.2, 0) is 28.6 Å². The summed E-state index contributed by atoms with van der Waals surface area (Å²) in [7, 11) is 0. The van der Waals surface area contributed by atoms with Crippen LogP contribution in [-0.4, -0.2) is 37.2 Å². The molecule has 0 spiro atoms. The van der Waals surface area contributed by atoms with E-state index >= 15 is 0 Å². The molecule has 61 heavy (non-hydrogen) atoms. The van der Waals surface area contributed by atoms with Gasteiger partial charge in [0.15, 0.2) is 6.10 Å². The molecule has 0 aliphatic carbocycles. The number of rotatable bonds is 41. The van der Waals surface area contributed by atoms with Gasteiger partial charge >= 0.3 is 17.9 Å². The highest BCUT2D eigenvalue weighted by Gasteiger charge is 2.19. The van der Waals surface area contributed by atoms with Crippen LogP contribution in [0.5, 0.6) is 0 Å². The van der Waals surface area contributed by atoms with Crippen LogP contribution in [0.1, 0.15) is 188 Å². The number of carbonyl (C=O) groups is 3. The Morgan fingerprint density at radius 1 is 0.328 bits per heavy atom. The number of hydrogen-bond acceptors (Lipinski definition) is 6. The summed E-state index contributed by atoms with van der Waals surface area (Å²) < 4.78 is 16.6. The largest absolute Gasteiger partial charge is 0.462 e. The molecule has 0 rings (SSSR count). The van der Waals surface area contributed by atoms with Crippen molar-refractivity contribution in [2.24, 2.45) is 0 Å². The number of ether oxygens (including phenoxy) is 3.